The lowest BCUT2D eigenvalue weighted by Gasteiger charge is -2.31. The molecule has 6 nitrogen and oxygen atoms in total. The SMILES string of the molecule is CCCC(NC(=O)[C@@H]1CC[C@H](C(=O)O)C1)C(=O)N1CCc2sccc2C1. The summed E-state index contributed by atoms with van der Waals surface area (Å²) in [5.41, 5.74) is 1.20. The maximum Gasteiger partial charge on any atom is 0.306 e. The molecular formula is C19H26N2O4S. The molecule has 0 bridgehead atoms. The van der Waals surface area contributed by atoms with Gasteiger partial charge in [-0.1, -0.05) is 13.3 Å². The number of carbonyl (C=O) groups excluding carboxylic acids is 2. The van der Waals surface area contributed by atoms with Gasteiger partial charge < -0.3 is 15.3 Å². The Balaban J connectivity index is 1.61. The maximum atomic E-state index is 13.0. The van der Waals surface area contributed by atoms with E-state index < -0.39 is 17.9 Å². The smallest absolute Gasteiger partial charge is 0.306 e. The van der Waals surface area contributed by atoms with Crippen LogP contribution in [0.25, 0.3) is 0 Å². The minimum absolute atomic E-state index is 0.0233. The third-order valence-electron chi connectivity index (χ3n) is 5.46. The molecule has 0 aromatic carbocycles. The van der Waals surface area contributed by atoms with Gasteiger partial charge in [0.2, 0.25) is 11.8 Å². The molecule has 1 aliphatic carbocycles. The number of amides is 2. The zero-order chi connectivity index (χ0) is 18.7. The Morgan fingerprint density at radius 2 is 2.12 bits per heavy atom. The van der Waals surface area contributed by atoms with Crippen molar-refractivity contribution in [3.63, 3.8) is 0 Å². The molecule has 0 saturated heterocycles. The highest BCUT2D eigenvalue weighted by atomic mass is 32.1. The van der Waals surface area contributed by atoms with Gasteiger partial charge in [-0.05, 0) is 49.1 Å². The Bertz CT molecular complexity index is 687. The Morgan fingerprint density at radius 1 is 1.35 bits per heavy atom. The lowest BCUT2D eigenvalue weighted by molar-refractivity contribution is -0.142. The standard InChI is InChI=1S/C19H26N2O4S/c1-2-3-15(20-17(22)12-4-5-13(10-12)19(24)25)18(23)21-8-6-16-14(11-21)7-9-26-16/h7,9,12-13,15H,2-6,8,10-11H2,1H3,(H,20,22)(H,24,25)/t12-,13+,15?/m1/s1. The van der Waals surface area contributed by atoms with Crippen molar-refractivity contribution in [2.75, 3.05) is 6.54 Å². The number of carboxylic acid groups (broad SMARTS) is 1. The second-order valence-electron chi connectivity index (χ2n) is 7.27. The first-order valence-electron chi connectivity index (χ1n) is 9.36. The summed E-state index contributed by atoms with van der Waals surface area (Å²) in [6.07, 6.45) is 3.76. The molecule has 2 amide bonds. The molecule has 1 saturated carbocycles. The second-order valence-corrected chi connectivity index (χ2v) is 8.27. The third kappa shape index (κ3) is 4.09. The van der Waals surface area contributed by atoms with E-state index >= 15 is 0 Å². The fraction of sp³-hybridized carbons (Fsp3) is 0.632. The van der Waals surface area contributed by atoms with E-state index in [4.69, 9.17) is 5.11 Å². The fourth-order valence-electron chi connectivity index (χ4n) is 3.94. The molecule has 2 heterocycles. The van der Waals surface area contributed by atoms with Gasteiger partial charge in [0.15, 0.2) is 0 Å². The van der Waals surface area contributed by atoms with Gasteiger partial charge >= 0.3 is 5.97 Å². The van der Waals surface area contributed by atoms with Crippen LogP contribution >= 0.6 is 11.3 Å². The minimum Gasteiger partial charge on any atom is -0.481 e. The molecule has 2 N–H and O–H groups in total. The van der Waals surface area contributed by atoms with E-state index in [0.29, 0.717) is 38.8 Å². The highest BCUT2D eigenvalue weighted by molar-refractivity contribution is 7.10. The van der Waals surface area contributed by atoms with E-state index in [1.54, 1.807) is 11.3 Å². The number of rotatable bonds is 6. The summed E-state index contributed by atoms with van der Waals surface area (Å²) in [7, 11) is 0. The van der Waals surface area contributed by atoms with Crippen LogP contribution in [-0.4, -0.2) is 40.4 Å². The molecule has 2 aliphatic rings. The molecule has 1 aliphatic heterocycles. The molecule has 3 atom stereocenters. The number of hydrogen-bond donors (Lipinski definition) is 2. The molecule has 1 aromatic rings. The second kappa shape index (κ2) is 8.20. The molecule has 1 fully saturated rings. The molecule has 26 heavy (non-hydrogen) atoms. The molecular weight excluding hydrogens is 352 g/mol. The van der Waals surface area contributed by atoms with Crippen molar-refractivity contribution >= 4 is 29.1 Å². The number of carbonyl (C=O) groups is 3. The Labute approximate surface area is 157 Å². The summed E-state index contributed by atoms with van der Waals surface area (Å²) in [5.74, 6) is -1.77. The van der Waals surface area contributed by atoms with Crippen LogP contribution < -0.4 is 5.32 Å². The van der Waals surface area contributed by atoms with Crippen LogP contribution in [0.4, 0.5) is 0 Å². The molecule has 1 unspecified atom stereocenters. The van der Waals surface area contributed by atoms with Gasteiger partial charge in [-0.3, -0.25) is 14.4 Å². The summed E-state index contributed by atoms with van der Waals surface area (Å²) in [6.45, 7) is 3.29. The minimum atomic E-state index is -0.832. The van der Waals surface area contributed by atoms with Gasteiger partial charge in [0.05, 0.1) is 5.92 Å². The van der Waals surface area contributed by atoms with Crippen LogP contribution in [0.5, 0.6) is 0 Å². The molecule has 0 radical (unpaired) electrons. The third-order valence-corrected chi connectivity index (χ3v) is 6.49. The first-order chi connectivity index (χ1) is 12.5. The summed E-state index contributed by atoms with van der Waals surface area (Å²) in [6, 6.07) is 1.55. The van der Waals surface area contributed by atoms with Crippen LogP contribution in [0.15, 0.2) is 11.4 Å². The van der Waals surface area contributed by atoms with E-state index in [0.717, 1.165) is 12.8 Å². The monoisotopic (exact) mass is 378 g/mol. The first kappa shape index (κ1) is 18.9. The number of fused-ring (bicyclic) bond motifs is 1. The van der Waals surface area contributed by atoms with Crippen molar-refractivity contribution in [2.24, 2.45) is 11.8 Å². The van der Waals surface area contributed by atoms with E-state index in [9.17, 15) is 14.4 Å². The fourth-order valence-corrected chi connectivity index (χ4v) is 4.83. The average molecular weight is 378 g/mol. The van der Waals surface area contributed by atoms with Gasteiger partial charge in [0, 0.05) is 23.9 Å². The summed E-state index contributed by atoms with van der Waals surface area (Å²) < 4.78 is 0. The predicted molar refractivity (Wildman–Crippen MR) is 98.7 cm³/mol. The number of nitrogens with one attached hydrogen (secondary N) is 1. The van der Waals surface area contributed by atoms with Gasteiger partial charge in [0.1, 0.15) is 6.04 Å². The first-order valence-corrected chi connectivity index (χ1v) is 10.2. The van der Waals surface area contributed by atoms with E-state index in [-0.39, 0.29) is 17.7 Å². The average Bonchev–Trinajstić information content (AvgIpc) is 3.29. The Kier molecular flexibility index (Phi) is 5.96. The van der Waals surface area contributed by atoms with Gasteiger partial charge in [-0.25, -0.2) is 0 Å². The molecule has 7 heteroatoms. The van der Waals surface area contributed by atoms with Crippen LogP contribution in [0.2, 0.25) is 0 Å². The van der Waals surface area contributed by atoms with Crippen LogP contribution in [0, 0.1) is 11.8 Å². The Morgan fingerprint density at radius 3 is 2.81 bits per heavy atom. The summed E-state index contributed by atoms with van der Waals surface area (Å²) >= 11 is 1.73. The van der Waals surface area contributed by atoms with Crippen LogP contribution in [-0.2, 0) is 27.3 Å². The molecule has 142 valence electrons. The number of nitrogens with zero attached hydrogens (tertiary/aromatic N) is 1. The van der Waals surface area contributed by atoms with Crippen molar-refractivity contribution in [3.05, 3.63) is 21.9 Å². The number of carboxylic acids is 1. The topological polar surface area (TPSA) is 86.7 Å². The van der Waals surface area contributed by atoms with Crippen molar-refractivity contribution in [2.45, 2.75) is 58.0 Å². The lowest BCUT2D eigenvalue weighted by Crippen LogP contribution is -2.50. The van der Waals surface area contributed by atoms with Gasteiger partial charge in [-0.2, -0.15) is 0 Å². The summed E-state index contributed by atoms with van der Waals surface area (Å²) in [5, 5.41) is 14.1. The largest absolute Gasteiger partial charge is 0.481 e. The van der Waals surface area contributed by atoms with Crippen LogP contribution in [0.1, 0.15) is 49.5 Å². The van der Waals surface area contributed by atoms with Crippen molar-refractivity contribution in [1.82, 2.24) is 10.2 Å². The molecule has 3 rings (SSSR count). The molecule has 1 aromatic heterocycles. The molecule has 0 spiro atoms. The zero-order valence-electron chi connectivity index (χ0n) is 15.1. The van der Waals surface area contributed by atoms with E-state index in [2.05, 4.69) is 16.8 Å². The number of hydrogen-bond acceptors (Lipinski definition) is 4. The van der Waals surface area contributed by atoms with Gasteiger partial charge in [0.25, 0.3) is 0 Å². The van der Waals surface area contributed by atoms with Crippen molar-refractivity contribution in [3.8, 4) is 0 Å². The Hall–Kier alpha value is -1.89. The van der Waals surface area contributed by atoms with E-state index in [1.807, 2.05) is 11.8 Å². The quantitative estimate of drug-likeness (QED) is 0.796. The van der Waals surface area contributed by atoms with Crippen molar-refractivity contribution in [1.29, 1.82) is 0 Å². The normalized spacial score (nSPS) is 23.3. The van der Waals surface area contributed by atoms with Gasteiger partial charge in [-0.15, -0.1) is 11.3 Å². The van der Waals surface area contributed by atoms with Crippen LogP contribution in [0.3, 0.4) is 0 Å². The van der Waals surface area contributed by atoms with E-state index in [1.165, 1.54) is 10.4 Å². The highest BCUT2D eigenvalue weighted by Crippen LogP contribution is 2.31. The highest BCUT2D eigenvalue weighted by Gasteiger charge is 2.36. The maximum absolute atomic E-state index is 13.0. The lowest BCUT2D eigenvalue weighted by atomic mass is 10.0. The number of thiophene rings is 1. The predicted octanol–water partition coefficient (Wildman–Crippen LogP) is 2.42. The number of aliphatic carboxylic acids is 1. The van der Waals surface area contributed by atoms with Crippen molar-refractivity contribution < 1.29 is 19.5 Å². The summed E-state index contributed by atoms with van der Waals surface area (Å²) in [4.78, 5) is 39.8. The zero-order valence-corrected chi connectivity index (χ0v) is 15.9.